The lowest BCUT2D eigenvalue weighted by atomic mass is 10.1. The van der Waals surface area contributed by atoms with E-state index in [9.17, 15) is 19.6 Å². The zero-order chi connectivity index (χ0) is 26.5. The molecule has 4 aromatic rings. The Morgan fingerprint density at radius 3 is 2.32 bits per heavy atom. The highest BCUT2D eigenvalue weighted by Gasteiger charge is 2.17. The molecule has 1 aromatic heterocycles. The van der Waals surface area contributed by atoms with Gasteiger partial charge in [-0.25, -0.2) is 4.79 Å². The van der Waals surface area contributed by atoms with Crippen LogP contribution in [0.2, 0.25) is 0 Å². The van der Waals surface area contributed by atoms with Gasteiger partial charge in [0.25, 0.3) is 11.5 Å². The average Bonchev–Trinajstić information content (AvgIpc) is 3.22. The summed E-state index contributed by atoms with van der Waals surface area (Å²) >= 11 is 1.05. The summed E-state index contributed by atoms with van der Waals surface area (Å²) in [6.45, 7) is 3.91. The van der Waals surface area contributed by atoms with Crippen molar-refractivity contribution in [3.8, 4) is 11.8 Å². The predicted octanol–water partition coefficient (Wildman–Crippen LogP) is 3.44. The number of rotatable bonds is 5. The number of nitriles is 1. The SMILES string of the molecule is COC(=O)c1ccc(C=c2sc(=C(C#N)C(=O)Nc3ccc(C)c(C)c3)n(-c3ccccc3)c2=O)cc1. The largest absolute Gasteiger partial charge is 0.465 e. The molecule has 0 atom stereocenters. The molecule has 0 aliphatic carbocycles. The summed E-state index contributed by atoms with van der Waals surface area (Å²) < 4.78 is 6.65. The lowest BCUT2D eigenvalue weighted by Crippen LogP contribution is -2.32. The first-order chi connectivity index (χ1) is 17.8. The Bertz CT molecular complexity index is 1710. The Morgan fingerprint density at radius 2 is 1.70 bits per heavy atom. The first kappa shape index (κ1) is 25.4. The van der Waals surface area contributed by atoms with Gasteiger partial charge in [-0.1, -0.05) is 36.4 Å². The van der Waals surface area contributed by atoms with Crippen molar-refractivity contribution in [3.63, 3.8) is 0 Å². The van der Waals surface area contributed by atoms with Crippen LogP contribution in [0.25, 0.3) is 17.3 Å². The van der Waals surface area contributed by atoms with Gasteiger partial charge in [0.2, 0.25) is 0 Å². The van der Waals surface area contributed by atoms with Gasteiger partial charge in [-0.2, -0.15) is 5.26 Å². The van der Waals surface area contributed by atoms with Gasteiger partial charge in [0.05, 0.1) is 22.9 Å². The number of aryl methyl sites for hydroxylation is 2. The molecule has 0 saturated heterocycles. The number of carbonyl (C=O) groups excluding carboxylic acids is 2. The maximum Gasteiger partial charge on any atom is 0.337 e. The maximum absolute atomic E-state index is 13.5. The second-order valence-electron chi connectivity index (χ2n) is 8.25. The first-order valence-corrected chi connectivity index (χ1v) is 12.1. The molecule has 184 valence electrons. The summed E-state index contributed by atoms with van der Waals surface area (Å²) in [4.78, 5) is 38.4. The first-order valence-electron chi connectivity index (χ1n) is 11.3. The quantitative estimate of drug-likeness (QED) is 0.416. The van der Waals surface area contributed by atoms with Crippen LogP contribution in [0, 0.1) is 25.2 Å². The predicted molar refractivity (Wildman–Crippen MR) is 144 cm³/mol. The Kier molecular flexibility index (Phi) is 7.47. The van der Waals surface area contributed by atoms with E-state index >= 15 is 0 Å². The van der Waals surface area contributed by atoms with Crippen LogP contribution in [-0.4, -0.2) is 23.6 Å². The summed E-state index contributed by atoms with van der Waals surface area (Å²) in [6.07, 6.45) is 1.66. The van der Waals surface area contributed by atoms with Gasteiger partial charge in [0.1, 0.15) is 10.7 Å². The number of ether oxygens (including phenoxy) is 1. The minimum atomic E-state index is -0.606. The number of hydrogen-bond donors (Lipinski definition) is 1. The molecule has 1 heterocycles. The van der Waals surface area contributed by atoms with Gasteiger partial charge in [0.15, 0.2) is 5.57 Å². The highest BCUT2D eigenvalue weighted by Crippen LogP contribution is 2.15. The van der Waals surface area contributed by atoms with Crippen LogP contribution in [0.15, 0.2) is 77.6 Å². The van der Waals surface area contributed by atoms with Crippen molar-refractivity contribution >= 4 is 40.5 Å². The molecule has 0 aliphatic rings. The molecule has 0 aliphatic heterocycles. The monoisotopic (exact) mass is 509 g/mol. The third-order valence-corrected chi connectivity index (χ3v) is 6.88. The lowest BCUT2D eigenvalue weighted by molar-refractivity contribution is -0.111. The summed E-state index contributed by atoms with van der Waals surface area (Å²) in [7, 11) is 1.31. The molecular weight excluding hydrogens is 486 g/mol. The zero-order valence-electron chi connectivity index (χ0n) is 20.4. The molecule has 0 bridgehead atoms. The van der Waals surface area contributed by atoms with Crippen LogP contribution < -0.4 is 20.1 Å². The second-order valence-corrected chi connectivity index (χ2v) is 9.28. The average molecular weight is 510 g/mol. The fourth-order valence-electron chi connectivity index (χ4n) is 3.65. The fraction of sp³-hybridized carbons (Fsp3) is 0.103. The molecule has 0 unspecified atom stereocenters. The Balaban J connectivity index is 1.89. The summed E-state index contributed by atoms with van der Waals surface area (Å²) in [5.41, 5.74) is 3.70. The van der Waals surface area contributed by atoms with Crippen molar-refractivity contribution in [2.24, 2.45) is 0 Å². The number of nitrogens with zero attached hydrogens (tertiary/aromatic N) is 2. The van der Waals surface area contributed by atoms with E-state index in [-0.39, 0.29) is 15.8 Å². The molecule has 0 spiro atoms. The van der Waals surface area contributed by atoms with Gasteiger partial charge < -0.3 is 10.1 Å². The van der Waals surface area contributed by atoms with E-state index in [0.29, 0.717) is 27.0 Å². The van der Waals surface area contributed by atoms with E-state index in [2.05, 4.69) is 5.32 Å². The zero-order valence-corrected chi connectivity index (χ0v) is 21.3. The minimum Gasteiger partial charge on any atom is -0.465 e. The summed E-state index contributed by atoms with van der Waals surface area (Å²) in [6, 6.07) is 22.9. The van der Waals surface area contributed by atoms with Crippen molar-refractivity contribution in [1.82, 2.24) is 4.57 Å². The molecule has 4 rings (SSSR count). The number of nitrogens with one attached hydrogen (secondary N) is 1. The Morgan fingerprint density at radius 1 is 1.00 bits per heavy atom. The van der Waals surface area contributed by atoms with Gasteiger partial charge in [-0.15, -0.1) is 11.3 Å². The maximum atomic E-state index is 13.5. The highest BCUT2D eigenvalue weighted by atomic mass is 32.1. The van der Waals surface area contributed by atoms with E-state index in [1.165, 1.54) is 11.7 Å². The second kappa shape index (κ2) is 10.9. The molecule has 8 heteroatoms. The molecule has 37 heavy (non-hydrogen) atoms. The molecule has 3 aromatic carbocycles. The number of carbonyl (C=O) groups is 2. The van der Waals surface area contributed by atoms with Gasteiger partial charge in [-0.3, -0.25) is 14.2 Å². The Hall–Kier alpha value is -4.74. The smallest absolute Gasteiger partial charge is 0.337 e. The molecule has 0 fully saturated rings. The molecule has 7 nitrogen and oxygen atoms in total. The number of esters is 1. The molecule has 0 saturated carbocycles. The Labute approximate surface area is 217 Å². The highest BCUT2D eigenvalue weighted by molar-refractivity contribution is 7.07. The van der Waals surface area contributed by atoms with Crippen molar-refractivity contribution in [1.29, 1.82) is 5.26 Å². The summed E-state index contributed by atoms with van der Waals surface area (Å²) in [5.74, 6) is -1.06. The topological polar surface area (TPSA) is 101 Å². The van der Waals surface area contributed by atoms with Crippen LogP contribution in [0.1, 0.15) is 27.0 Å². The third kappa shape index (κ3) is 5.42. The van der Waals surface area contributed by atoms with Crippen molar-refractivity contribution in [2.45, 2.75) is 13.8 Å². The standard InChI is InChI=1S/C29H23N3O4S/c1-18-9-14-22(15-19(18)2)31-26(33)24(17-30)28-32(23-7-5-4-6-8-23)27(34)25(37-28)16-20-10-12-21(13-11-20)29(35)36-3/h4-16H,1-3H3,(H,31,33). The van der Waals surface area contributed by atoms with Crippen LogP contribution in [0.4, 0.5) is 5.69 Å². The minimum absolute atomic E-state index is 0.176. The van der Waals surface area contributed by atoms with Crippen LogP contribution >= 0.6 is 11.3 Å². The molecule has 1 amide bonds. The number of anilines is 1. The van der Waals surface area contributed by atoms with E-state index in [1.54, 1.807) is 60.7 Å². The molecule has 1 N–H and O–H groups in total. The fourth-order valence-corrected chi connectivity index (χ4v) is 4.76. The van der Waals surface area contributed by atoms with E-state index in [1.807, 2.05) is 38.1 Å². The van der Waals surface area contributed by atoms with Crippen molar-refractivity contribution in [2.75, 3.05) is 12.4 Å². The molecule has 0 radical (unpaired) electrons. The lowest BCUT2D eigenvalue weighted by Gasteiger charge is -2.07. The number of thiazole rings is 1. The molecular formula is C29H23N3O4S. The van der Waals surface area contributed by atoms with Crippen molar-refractivity contribution < 1.29 is 14.3 Å². The normalized spacial score (nSPS) is 12.0. The summed E-state index contributed by atoms with van der Waals surface area (Å²) in [5, 5.41) is 12.8. The number of amides is 1. The van der Waals surface area contributed by atoms with Gasteiger partial charge in [0, 0.05) is 5.69 Å². The van der Waals surface area contributed by atoms with Crippen molar-refractivity contribution in [3.05, 3.63) is 115 Å². The van der Waals surface area contributed by atoms with Crippen LogP contribution in [0.5, 0.6) is 0 Å². The number of hydrogen-bond acceptors (Lipinski definition) is 6. The van der Waals surface area contributed by atoms with Crippen LogP contribution in [-0.2, 0) is 9.53 Å². The number of methoxy groups -OCH3 is 1. The number of benzene rings is 3. The third-order valence-electron chi connectivity index (χ3n) is 5.79. The van der Waals surface area contributed by atoms with Gasteiger partial charge >= 0.3 is 5.97 Å². The van der Waals surface area contributed by atoms with E-state index in [0.717, 1.165) is 22.5 Å². The van der Waals surface area contributed by atoms with Crippen LogP contribution in [0.3, 0.4) is 0 Å². The van der Waals surface area contributed by atoms with Gasteiger partial charge in [-0.05, 0) is 73.0 Å². The van der Waals surface area contributed by atoms with E-state index in [4.69, 9.17) is 4.74 Å². The number of aromatic nitrogens is 1. The van der Waals surface area contributed by atoms with E-state index < -0.39 is 11.9 Å². The number of para-hydroxylation sites is 1.